The van der Waals surface area contributed by atoms with Crippen molar-refractivity contribution in [2.45, 2.75) is 31.3 Å². The molecule has 0 N–H and O–H groups in total. The molecule has 0 spiro atoms. The standard InChI is InChI=1S/C63H45NO2/c1-63(2)57-23-9-6-16-51(57)52-35-34-48(39-58(52)63)64(46-30-26-41(27-31-46)40-14-4-3-5-15-40)47-32-28-42(29-33-47)43-36-44(49-19-12-21-55-53-17-7-10-24-59(53)65-61(49)55)38-45(37-43)50-20-13-22-56-54-18-8-11-25-60(54)66-62(50)56/h3-39,53,59H,1-2H3. The zero-order valence-corrected chi connectivity index (χ0v) is 36.8. The molecule has 10 aromatic rings. The van der Waals surface area contributed by atoms with E-state index in [4.69, 9.17) is 9.15 Å². The van der Waals surface area contributed by atoms with Gasteiger partial charge in [-0.05, 0) is 122 Å². The summed E-state index contributed by atoms with van der Waals surface area (Å²) < 4.78 is 13.4. The van der Waals surface area contributed by atoms with Gasteiger partial charge in [-0.25, -0.2) is 0 Å². The molecule has 314 valence electrons. The molecular formula is C63H45NO2. The molecule has 0 bridgehead atoms. The van der Waals surface area contributed by atoms with E-state index in [1.165, 1.54) is 38.9 Å². The third kappa shape index (κ3) is 6.11. The molecule has 2 heterocycles. The number of fused-ring (bicyclic) bond motifs is 9. The van der Waals surface area contributed by atoms with Crippen LogP contribution >= 0.6 is 0 Å². The Morgan fingerprint density at radius 1 is 0.424 bits per heavy atom. The Morgan fingerprint density at radius 2 is 1.02 bits per heavy atom. The molecule has 0 amide bonds. The van der Waals surface area contributed by atoms with Crippen molar-refractivity contribution >= 4 is 39.0 Å². The van der Waals surface area contributed by atoms with E-state index in [9.17, 15) is 0 Å². The molecule has 3 nitrogen and oxygen atoms in total. The smallest absolute Gasteiger partial charge is 0.143 e. The van der Waals surface area contributed by atoms with Crippen molar-refractivity contribution in [2.24, 2.45) is 0 Å². The zero-order valence-electron chi connectivity index (χ0n) is 36.8. The van der Waals surface area contributed by atoms with Crippen LogP contribution in [0.1, 0.15) is 36.5 Å². The number of ether oxygens (including phenoxy) is 1. The van der Waals surface area contributed by atoms with Crippen LogP contribution in [-0.2, 0) is 5.41 Å². The number of furan rings is 1. The summed E-state index contributed by atoms with van der Waals surface area (Å²) >= 11 is 0. The molecular weight excluding hydrogens is 803 g/mol. The minimum Gasteiger partial charge on any atom is -0.484 e. The number of allylic oxidation sites excluding steroid dienone is 2. The molecule has 2 aliphatic carbocycles. The molecule has 9 aromatic carbocycles. The van der Waals surface area contributed by atoms with Gasteiger partial charge in [0.1, 0.15) is 23.0 Å². The molecule has 0 saturated carbocycles. The molecule has 0 saturated heterocycles. The van der Waals surface area contributed by atoms with E-state index >= 15 is 0 Å². The summed E-state index contributed by atoms with van der Waals surface area (Å²) in [6.45, 7) is 4.70. The van der Waals surface area contributed by atoms with Crippen LogP contribution in [0.25, 0.3) is 77.6 Å². The van der Waals surface area contributed by atoms with Crippen molar-refractivity contribution in [2.75, 3.05) is 4.90 Å². The molecule has 13 rings (SSSR count). The van der Waals surface area contributed by atoms with Crippen molar-refractivity contribution in [3.05, 3.63) is 241 Å². The Balaban J connectivity index is 0.951. The largest absolute Gasteiger partial charge is 0.484 e. The second kappa shape index (κ2) is 15.0. The highest BCUT2D eigenvalue weighted by Crippen LogP contribution is 2.52. The predicted molar refractivity (Wildman–Crippen MR) is 273 cm³/mol. The summed E-state index contributed by atoms with van der Waals surface area (Å²) in [6, 6.07) is 72.9. The van der Waals surface area contributed by atoms with Gasteiger partial charge in [-0.15, -0.1) is 0 Å². The van der Waals surface area contributed by atoms with Crippen molar-refractivity contribution < 1.29 is 9.15 Å². The number of nitrogens with zero attached hydrogens (tertiary/aromatic N) is 1. The van der Waals surface area contributed by atoms with E-state index in [0.717, 1.165) is 78.1 Å². The van der Waals surface area contributed by atoms with E-state index in [0.29, 0.717) is 0 Å². The van der Waals surface area contributed by atoms with Gasteiger partial charge in [0.05, 0.1) is 0 Å². The first-order valence-corrected chi connectivity index (χ1v) is 23.0. The maximum absolute atomic E-state index is 6.75. The number of para-hydroxylation sites is 3. The lowest BCUT2D eigenvalue weighted by Crippen LogP contribution is -2.16. The van der Waals surface area contributed by atoms with E-state index in [2.05, 4.69) is 237 Å². The van der Waals surface area contributed by atoms with Crippen LogP contribution in [0.5, 0.6) is 5.75 Å². The normalized spacial score (nSPS) is 16.2. The first kappa shape index (κ1) is 38.3. The van der Waals surface area contributed by atoms with Crippen LogP contribution < -0.4 is 9.64 Å². The molecule has 1 aliphatic heterocycles. The van der Waals surface area contributed by atoms with Gasteiger partial charge in [-0.3, -0.25) is 0 Å². The van der Waals surface area contributed by atoms with E-state index in [1.54, 1.807) is 0 Å². The molecule has 66 heavy (non-hydrogen) atoms. The van der Waals surface area contributed by atoms with Crippen molar-refractivity contribution in [1.82, 2.24) is 0 Å². The van der Waals surface area contributed by atoms with Gasteiger partial charge in [0.25, 0.3) is 0 Å². The quantitative estimate of drug-likeness (QED) is 0.160. The average Bonchev–Trinajstić information content (AvgIpc) is 4.02. The van der Waals surface area contributed by atoms with Crippen LogP contribution in [0, 0.1) is 0 Å². The maximum Gasteiger partial charge on any atom is 0.143 e. The average molecular weight is 848 g/mol. The van der Waals surface area contributed by atoms with Gasteiger partial charge in [-0.1, -0.05) is 172 Å². The molecule has 2 atom stereocenters. The Bertz CT molecular complexity index is 3590. The van der Waals surface area contributed by atoms with E-state index in [-0.39, 0.29) is 17.4 Å². The van der Waals surface area contributed by atoms with Gasteiger partial charge < -0.3 is 14.1 Å². The minimum atomic E-state index is -0.126. The molecule has 3 aliphatic rings. The molecule has 0 radical (unpaired) electrons. The van der Waals surface area contributed by atoms with Crippen molar-refractivity contribution in [3.8, 4) is 61.4 Å². The summed E-state index contributed by atoms with van der Waals surface area (Å²) in [5.41, 5.74) is 20.5. The Labute approximate surface area is 385 Å². The lowest BCUT2D eigenvalue weighted by molar-refractivity contribution is 0.270. The van der Waals surface area contributed by atoms with E-state index < -0.39 is 0 Å². The van der Waals surface area contributed by atoms with Crippen molar-refractivity contribution in [1.29, 1.82) is 0 Å². The fourth-order valence-electron chi connectivity index (χ4n) is 10.9. The molecule has 1 aromatic heterocycles. The predicted octanol–water partition coefficient (Wildman–Crippen LogP) is 17.0. The highest BCUT2D eigenvalue weighted by atomic mass is 16.5. The minimum absolute atomic E-state index is 0.00445. The van der Waals surface area contributed by atoms with Crippen molar-refractivity contribution in [3.63, 3.8) is 0 Å². The third-order valence-electron chi connectivity index (χ3n) is 14.2. The highest BCUT2D eigenvalue weighted by molar-refractivity contribution is 6.10. The van der Waals surface area contributed by atoms with Crippen LogP contribution in [0.15, 0.2) is 229 Å². The monoisotopic (exact) mass is 847 g/mol. The Kier molecular flexibility index (Phi) is 8.69. The fraction of sp³-hybridized carbons (Fsp3) is 0.0794. The van der Waals surface area contributed by atoms with Crippen LogP contribution in [0.4, 0.5) is 17.1 Å². The highest BCUT2D eigenvalue weighted by Gasteiger charge is 2.36. The summed E-state index contributed by atoms with van der Waals surface area (Å²) in [5.74, 6) is 1.16. The lowest BCUT2D eigenvalue weighted by Gasteiger charge is -2.28. The topological polar surface area (TPSA) is 25.6 Å². The zero-order chi connectivity index (χ0) is 43.9. The first-order valence-electron chi connectivity index (χ1n) is 23.0. The van der Waals surface area contributed by atoms with Gasteiger partial charge in [0, 0.05) is 55.9 Å². The fourth-order valence-corrected chi connectivity index (χ4v) is 10.9. The summed E-state index contributed by atoms with van der Waals surface area (Å²) in [5, 5.41) is 2.23. The van der Waals surface area contributed by atoms with Crippen LogP contribution in [0.3, 0.4) is 0 Å². The lowest BCUT2D eigenvalue weighted by atomic mass is 9.82. The second-order valence-corrected chi connectivity index (χ2v) is 18.4. The number of rotatable bonds is 7. The summed E-state index contributed by atoms with van der Waals surface area (Å²) in [7, 11) is 0. The number of anilines is 3. The first-order chi connectivity index (χ1) is 32.5. The number of benzene rings is 9. The number of hydrogen-bond donors (Lipinski definition) is 0. The SMILES string of the molecule is CC1(C)c2ccccc2-c2ccc(N(c3ccc(-c4ccccc4)cc3)c3ccc(-c4cc(-c5cccc6c5OC5C=CC=CC65)cc(-c5cccc6c5oc5ccccc56)c4)cc3)cc21. The Morgan fingerprint density at radius 3 is 1.83 bits per heavy atom. The van der Waals surface area contributed by atoms with Gasteiger partial charge in [-0.2, -0.15) is 0 Å². The summed E-state index contributed by atoms with van der Waals surface area (Å²) in [4.78, 5) is 2.40. The Hall–Kier alpha value is -8.14. The maximum atomic E-state index is 6.75. The molecule has 0 fully saturated rings. The van der Waals surface area contributed by atoms with Crippen LogP contribution in [0.2, 0.25) is 0 Å². The van der Waals surface area contributed by atoms with Gasteiger partial charge in [0.15, 0.2) is 0 Å². The van der Waals surface area contributed by atoms with Gasteiger partial charge >= 0.3 is 0 Å². The summed E-state index contributed by atoms with van der Waals surface area (Å²) in [6.07, 6.45) is 8.65. The second-order valence-electron chi connectivity index (χ2n) is 18.4. The van der Waals surface area contributed by atoms with Crippen LogP contribution in [-0.4, -0.2) is 6.10 Å². The van der Waals surface area contributed by atoms with E-state index in [1.807, 2.05) is 6.07 Å². The van der Waals surface area contributed by atoms with Gasteiger partial charge in [0.2, 0.25) is 0 Å². The third-order valence-corrected chi connectivity index (χ3v) is 14.2. The molecule has 2 unspecified atom stereocenters. The number of hydrogen-bond acceptors (Lipinski definition) is 3. The molecule has 3 heteroatoms.